The van der Waals surface area contributed by atoms with Crippen LogP contribution in [-0.2, 0) is 33.0 Å². The Kier molecular flexibility index (Phi) is 13.7. The van der Waals surface area contributed by atoms with Crippen molar-refractivity contribution in [2.75, 3.05) is 37.7 Å². The van der Waals surface area contributed by atoms with Crippen molar-refractivity contribution in [1.82, 2.24) is 9.80 Å². The number of hydrogen-bond acceptors (Lipinski definition) is 6. The minimum atomic E-state index is -1.43. The molecule has 0 aliphatic carbocycles. The largest absolute Gasteiger partial charge is 0.465 e. The Labute approximate surface area is 334 Å². The third-order valence-electron chi connectivity index (χ3n) is 10.8. The summed E-state index contributed by atoms with van der Waals surface area (Å²) in [6, 6.07) is 27.6. The van der Waals surface area contributed by atoms with E-state index in [-0.39, 0.29) is 43.0 Å². The molecule has 4 aromatic rings. The van der Waals surface area contributed by atoms with Gasteiger partial charge >= 0.3 is 5.97 Å². The van der Waals surface area contributed by atoms with Crippen molar-refractivity contribution in [3.05, 3.63) is 131 Å². The molecule has 1 saturated heterocycles. The van der Waals surface area contributed by atoms with Crippen molar-refractivity contribution >= 4 is 29.1 Å². The smallest absolute Gasteiger partial charge is 0.320 e. The summed E-state index contributed by atoms with van der Waals surface area (Å²) in [5.41, 5.74) is 4.92. The van der Waals surface area contributed by atoms with E-state index < -0.39 is 17.3 Å². The molecular weight excluding hydrogens is 726 g/mol. The van der Waals surface area contributed by atoms with Crippen LogP contribution in [0.3, 0.4) is 0 Å². The number of benzene rings is 4. The monoisotopic (exact) mass is 778 g/mol. The molecule has 0 unspecified atom stereocenters. The summed E-state index contributed by atoms with van der Waals surface area (Å²) in [6.07, 6.45) is 5.72. The second kappa shape index (κ2) is 18.8. The van der Waals surface area contributed by atoms with Gasteiger partial charge in [0, 0.05) is 37.7 Å². The van der Waals surface area contributed by atoms with Crippen LogP contribution in [0.1, 0.15) is 82.1 Å². The van der Waals surface area contributed by atoms with Gasteiger partial charge in [0.15, 0.2) is 11.6 Å². The molecule has 1 fully saturated rings. The number of amidine groups is 1. The number of esters is 1. The van der Waals surface area contributed by atoms with E-state index in [1.165, 1.54) is 6.07 Å². The highest BCUT2D eigenvalue weighted by Gasteiger charge is 2.33. The van der Waals surface area contributed by atoms with Crippen molar-refractivity contribution in [2.24, 2.45) is 4.99 Å². The zero-order valence-corrected chi connectivity index (χ0v) is 33.4. The molecule has 0 N–H and O–H groups in total. The van der Waals surface area contributed by atoms with E-state index >= 15 is 0 Å². The number of unbranched alkanes of at least 4 members (excludes halogenated alkanes) is 1. The Balaban J connectivity index is 1.28. The molecule has 1 amide bonds. The fourth-order valence-corrected chi connectivity index (χ4v) is 7.60. The fourth-order valence-electron chi connectivity index (χ4n) is 7.60. The summed E-state index contributed by atoms with van der Waals surface area (Å²) in [4.78, 5) is 38.1. The number of likely N-dealkylation sites (tertiary alicyclic amines) is 1. The van der Waals surface area contributed by atoms with Gasteiger partial charge in [-0.3, -0.25) is 14.5 Å². The van der Waals surface area contributed by atoms with Crippen molar-refractivity contribution in [2.45, 2.75) is 84.5 Å². The van der Waals surface area contributed by atoms with Gasteiger partial charge in [-0.15, -0.1) is 0 Å². The van der Waals surface area contributed by atoms with E-state index in [2.05, 4.69) is 17.9 Å². The van der Waals surface area contributed by atoms with Gasteiger partial charge < -0.3 is 14.5 Å². The number of para-hydroxylation sites is 1. The van der Waals surface area contributed by atoms with Crippen LogP contribution in [0.4, 0.5) is 18.9 Å². The maximum absolute atomic E-state index is 14.8. The van der Waals surface area contributed by atoms with Gasteiger partial charge in [0.05, 0.1) is 24.5 Å². The molecule has 7 nitrogen and oxygen atoms in total. The standard InChI is InChI=1S/C47H53F3N4O3/c1-5-7-14-41-39-12-8-9-15-42(39)54(43(51-41)25-22-36-11-10-13-40(48)46(36)49)31-44(55)53(38-26-28-52(29-27-38)32-45(56)57-6-2)30-33-16-18-34(19-17-33)35-20-23-37(24-21-35)47(3,4)50/h8-21,23-24,38H,5-7,22,25-32H2,1-4H3/b41-14-. The Hall–Kier alpha value is -5.22. The first kappa shape index (κ1) is 41.4. The van der Waals surface area contributed by atoms with Crippen molar-refractivity contribution in [3.8, 4) is 11.1 Å². The Bertz CT molecular complexity index is 2070. The average Bonchev–Trinajstić information content (AvgIpc) is 3.21. The third-order valence-corrected chi connectivity index (χ3v) is 10.8. The number of ether oxygens (including phenoxy) is 1. The molecule has 2 heterocycles. The Morgan fingerprint density at radius 3 is 2.23 bits per heavy atom. The molecule has 10 heteroatoms. The predicted octanol–water partition coefficient (Wildman–Crippen LogP) is 9.88. The number of rotatable bonds is 15. The SMILES string of the molecule is CCC/C=C1\N=C(CCc2cccc(F)c2F)N(CC(=O)N(Cc2ccc(-c3ccc(C(C)(C)F)cc3)cc2)C2CCN(CC(=O)OCC)CC2)c2ccccc21. The normalized spacial score (nSPS) is 15.7. The number of carbonyl (C=O) groups excluding carboxylic acids is 2. The highest BCUT2D eigenvalue weighted by atomic mass is 19.2. The van der Waals surface area contributed by atoms with Gasteiger partial charge in [0.2, 0.25) is 5.91 Å². The van der Waals surface area contributed by atoms with Gasteiger partial charge in [-0.25, -0.2) is 18.2 Å². The summed E-state index contributed by atoms with van der Waals surface area (Å²) >= 11 is 0. The van der Waals surface area contributed by atoms with Crippen LogP contribution >= 0.6 is 0 Å². The number of fused-ring (bicyclic) bond motifs is 1. The van der Waals surface area contributed by atoms with Crippen LogP contribution in [0.25, 0.3) is 16.8 Å². The number of halogens is 3. The van der Waals surface area contributed by atoms with Crippen LogP contribution in [0.15, 0.2) is 102 Å². The van der Waals surface area contributed by atoms with Gasteiger partial charge in [-0.2, -0.15) is 0 Å². The number of aryl methyl sites for hydroxylation is 1. The number of anilines is 1. The quantitative estimate of drug-likeness (QED) is 0.113. The van der Waals surface area contributed by atoms with Gasteiger partial charge in [0.1, 0.15) is 18.0 Å². The molecule has 300 valence electrons. The summed E-state index contributed by atoms with van der Waals surface area (Å²) < 4.78 is 48.7. The van der Waals surface area contributed by atoms with Crippen molar-refractivity contribution < 1.29 is 27.5 Å². The number of amides is 1. The zero-order chi connectivity index (χ0) is 40.5. The third kappa shape index (κ3) is 10.4. The second-order valence-corrected chi connectivity index (χ2v) is 15.3. The first-order chi connectivity index (χ1) is 27.4. The lowest BCUT2D eigenvalue weighted by atomic mass is 9.96. The van der Waals surface area contributed by atoms with E-state index in [0.717, 1.165) is 52.5 Å². The van der Waals surface area contributed by atoms with Crippen LogP contribution in [0, 0.1) is 11.6 Å². The minimum absolute atomic E-state index is 0.000922. The molecule has 0 atom stereocenters. The summed E-state index contributed by atoms with van der Waals surface area (Å²) in [5, 5.41) is 0. The van der Waals surface area contributed by atoms with E-state index in [9.17, 15) is 22.8 Å². The maximum atomic E-state index is 14.8. The molecular formula is C47H53F3N4O3. The topological polar surface area (TPSA) is 65.5 Å². The number of aliphatic imine (C=N–C) groups is 1. The lowest BCUT2D eigenvalue weighted by molar-refractivity contribution is -0.145. The van der Waals surface area contributed by atoms with Gasteiger partial charge in [-0.1, -0.05) is 98.3 Å². The lowest BCUT2D eigenvalue weighted by Gasteiger charge is -2.40. The van der Waals surface area contributed by atoms with E-state index in [1.807, 2.05) is 82.6 Å². The van der Waals surface area contributed by atoms with E-state index in [1.54, 1.807) is 26.8 Å². The highest BCUT2D eigenvalue weighted by Crippen LogP contribution is 2.35. The summed E-state index contributed by atoms with van der Waals surface area (Å²) in [6.45, 7) is 9.17. The molecule has 6 rings (SSSR count). The molecule has 4 aromatic carbocycles. The number of alkyl halides is 1. The molecule has 0 saturated carbocycles. The summed E-state index contributed by atoms with van der Waals surface area (Å²) in [7, 11) is 0. The van der Waals surface area contributed by atoms with E-state index in [4.69, 9.17) is 9.73 Å². The molecule has 0 bridgehead atoms. The lowest BCUT2D eigenvalue weighted by Crippen LogP contribution is -2.51. The number of piperidine rings is 1. The van der Waals surface area contributed by atoms with Gasteiger partial charge in [0.25, 0.3) is 0 Å². The fraction of sp³-hybridized carbons (Fsp3) is 0.383. The molecule has 0 aromatic heterocycles. The number of allylic oxidation sites excluding steroid dienone is 1. The maximum Gasteiger partial charge on any atom is 0.320 e. The molecule has 2 aliphatic rings. The van der Waals surface area contributed by atoms with Crippen molar-refractivity contribution in [3.63, 3.8) is 0 Å². The minimum Gasteiger partial charge on any atom is -0.465 e. The van der Waals surface area contributed by atoms with Gasteiger partial charge in [-0.05, 0) is 86.4 Å². The second-order valence-electron chi connectivity index (χ2n) is 15.3. The average molecular weight is 779 g/mol. The Morgan fingerprint density at radius 2 is 1.56 bits per heavy atom. The predicted molar refractivity (Wildman–Crippen MR) is 221 cm³/mol. The molecule has 2 aliphatic heterocycles. The number of hydrogen-bond donors (Lipinski definition) is 0. The highest BCUT2D eigenvalue weighted by molar-refractivity contribution is 6.09. The summed E-state index contributed by atoms with van der Waals surface area (Å²) in [5.74, 6) is -1.50. The number of carbonyl (C=O) groups is 2. The molecule has 0 spiro atoms. The number of nitrogens with zero attached hydrogens (tertiary/aromatic N) is 4. The van der Waals surface area contributed by atoms with Crippen LogP contribution in [0.2, 0.25) is 0 Å². The van der Waals surface area contributed by atoms with Crippen molar-refractivity contribution in [1.29, 1.82) is 0 Å². The zero-order valence-electron chi connectivity index (χ0n) is 33.4. The van der Waals surface area contributed by atoms with Crippen LogP contribution < -0.4 is 4.90 Å². The first-order valence-electron chi connectivity index (χ1n) is 20.1. The molecule has 57 heavy (non-hydrogen) atoms. The molecule has 0 radical (unpaired) electrons. The van der Waals surface area contributed by atoms with E-state index in [0.29, 0.717) is 56.9 Å². The first-order valence-corrected chi connectivity index (χ1v) is 20.1. The van der Waals surface area contributed by atoms with Crippen LogP contribution in [-0.4, -0.2) is 66.3 Å². The Morgan fingerprint density at radius 1 is 0.877 bits per heavy atom. The van der Waals surface area contributed by atoms with Crippen LogP contribution in [0.5, 0.6) is 0 Å².